The number of aromatic nitrogens is 1. The molecular formula is C17H21N3O. The number of anilines is 1. The van der Waals surface area contributed by atoms with Crippen molar-refractivity contribution >= 4 is 16.6 Å². The van der Waals surface area contributed by atoms with E-state index < -0.39 is 0 Å². The van der Waals surface area contributed by atoms with Gasteiger partial charge in [0.25, 0.3) is 0 Å². The Balaban J connectivity index is 1.75. The molecule has 0 spiro atoms. The Bertz CT molecular complexity index is 639. The number of hydrogen-bond donors (Lipinski definition) is 0. The van der Waals surface area contributed by atoms with E-state index in [9.17, 15) is 0 Å². The molecule has 2 aliphatic rings. The van der Waals surface area contributed by atoms with Gasteiger partial charge in [0.15, 0.2) is 0 Å². The third-order valence-electron chi connectivity index (χ3n) is 4.71. The highest BCUT2D eigenvalue weighted by Crippen LogP contribution is 2.29. The van der Waals surface area contributed by atoms with Gasteiger partial charge in [0.2, 0.25) is 0 Å². The van der Waals surface area contributed by atoms with Gasteiger partial charge in [0, 0.05) is 42.8 Å². The van der Waals surface area contributed by atoms with Crippen molar-refractivity contribution in [1.82, 2.24) is 9.88 Å². The van der Waals surface area contributed by atoms with Crippen molar-refractivity contribution in [1.29, 1.82) is 0 Å². The molecule has 3 heterocycles. The maximum absolute atomic E-state index is 5.82. The molecule has 0 amide bonds. The van der Waals surface area contributed by atoms with Gasteiger partial charge in [0.1, 0.15) is 0 Å². The van der Waals surface area contributed by atoms with Crippen LogP contribution in [0.5, 0.6) is 0 Å². The molecule has 0 N–H and O–H groups in total. The highest BCUT2D eigenvalue weighted by molar-refractivity contribution is 5.91. The summed E-state index contributed by atoms with van der Waals surface area (Å²) in [6.45, 7) is 4.94. The molecule has 2 fully saturated rings. The summed E-state index contributed by atoms with van der Waals surface area (Å²) >= 11 is 0. The number of ether oxygens (including phenoxy) is 1. The average Bonchev–Trinajstić information content (AvgIpc) is 2.75. The molecule has 2 atom stereocenters. The second kappa shape index (κ2) is 5.28. The highest BCUT2D eigenvalue weighted by atomic mass is 16.5. The molecule has 2 aromatic rings. The van der Waals surface area contributed by atoms with Crippen LogP contribution < -0.4 is 4.90 Å². The summed E-state index contributed by atoms with van der Waals surface area (Å²) in [5.41, 5.74) is 2.39. The first-order chi connectivity index (χ1) is 10.3. The third kappa shape index (κ3) is 2.39. The van der Waals surface area contributed by atoms with Crippen LogP contribution in [0.15, 0.2) is 36.5 Å². The Morgan fingerprint density at radius 1 is 1.10 bits per heavy atom. The van der Waals surface area contributed by atoms with Crippen LogP contribution in [0.1, 0.15) is 0 Å². The van der Waals surface area contributed by atoms with E-state index in [0.29, 0.717) is 12.0 Å². The number of hydrogen-bond acceptors (Lipinski definition) is 4. The summed E-state index contributed by atoms with van der Waals surface area (Å²) in [5.74, 6) is 0.578. The molecule has 4 nitrogen and oxygen atoms in total. The number of para-hydroxylation sites is 1. The summed E-state index contributed by atoms with van der Waals surface area (Å²) < 4.78 is 5.82. The van der Waals surface area contributed by atoms with Gasteiger partial charge in [0.05, 0.1) is 24.8 Å². The van der Waals surface area contributed by atoms with Gasteiger partial charge in [-0.05, 0) is 19.2 Å². The molecule has 0 radical (unpaired) electrons. The minimum Gasteiger partial charge on any atom is -0.379 e. The van der Waals surface area contributed by atoms with Crippen LogP contribution in [0.25, 0.3) is 10.9 Å². The van der Waals surface area contributed by atoms with Gasteiger partial charge in [-0.25, -0.2) is 0 Å². The van der Waals surface area contributed by atoms with Crippen molar-refractivity contribution < 1.29 is 4.74 Å². The van der Waals surface area contributed by atoms with Gasteiger partial charge in [-0.3, -0.25) is 9.88 Å². The van der Waals surface area contributed by atoms with Crippen molar-refractivity contribution in [2.24, 2.45) is 5.92 Å². The molecule has 2 bridgehead atoms. The number of fused-ring (bicyclic) bond motifs is 4. The van der Waals surface area contributed by atoms with Crippen molar-refractivity contribution in [3.63, 3.8) is 0 Å². The van der Waals surface area contributed by atoms with E-state index in [2.05, 4.69) is 52.2 Å². The van der Waals surface area contributed by atoms with Crippen LogP contribution >= 0.6 is 0 Å². The monoisotopic (exact) mass is 283 g/mol. The van der Waals surface area contributed by atoms with Crippen molar-refractivity contribution in [2.75, 3.05) is 44.8 Å². The van der Waals surface area contributed by atoms with Crippen LogP contribution in [0.3, 0.4) is 0 Å². The maximum atomic E-state index is 5.82. The molecule has 2 aliphatic heterocycles. The normalized spacial score (nSPS) is 26.8. The topological polar surface area (TPSA) is 28.6 Å². The summed E-state index contributed by atoms with van der Waals surface area (Å²) in [5, 5.41) is 1.25. The van der Waals surface area contributed by atoms with E-state index in [0.717, 1.165) is 38.4 Å². The zero-order valence-electron chi connectivity index (χ0n) is 12.4. The van der Waals surface area contributed by atoms with Gasteiger partial charge in [-0.2, -0.15) is 0 Å². The van der Waals surface area contributed by atoms with Crippen LogP contribution in [-0.4, -0.2) is 55.8 Å². The summed E-state index contributed by atoms with van der Waals surface area (Å²) in [6, 6.07) is 11.1. The Labute approximate surface area is 125 Å². The number of rotatable bonds is 1. The molecule has 4 heteroatoms. The molecular weight excluding hydrogens is 262 g/mol. The molecule has 4 rings (SSSR count). The molecule has 1 aromatic carbocycles. The van der Waals surface area contributed by atoms with Crippen LogP contribution in [0.4, 0.5) is 5.69 Å². The first-order valence-electron chi connectivity index (χ1n) is 7.68. The predicted molar refractivity (Wildman–Crippen MR) is 84.7 cm³/mol. The van der Waals surface area contributed by atoms with Crippen LogP contribution in [0, 0.1) is 5.92 Å². The van der Waals surface area contributed by atoms with Gasteiger partial charge in [-0.15, -0.1) is 0 Å². The average molecular weight is 283 g/mol. The molecule has 0 saturated carbocycles. The van der Waals surface area contributed by atoms with E-state index in [1.807, 2.05) is 6.20 Å². The predicted octanol–water partition coefficient (Wildman–Crippen LogP) is 2.00. The maximum Gasteiger partial charge on any atom is 0.0722 e. The summed E-state index contributed by atoms with van der Waals surface area (Å²) in [7, 11) is 2.22. The first-order valence-corrected chi connectivity index (χ1v) is 7.68. The lowest BCUT2D eigenvalue weighted by Crippen LogP contribution is -2.42. The van der Waals surface area contributed by atoms with E-state index in [1.165, 1.54) is 11.1 Å². The van der Waals surface area contributed by atoms with Crippen molar-refractivity contribution in [3.05, 3.63) is 36.5 Å². The lowest BCUT2D eigenvalue weighted by Gasteiger charge is -2.32. The number of benzene rings is 1. The fraction of sp³-hybridized carbons (Fsp3) is 0.471. The molecule has 2 saturated heterocycles. The Morgan fingerprint density at radius 3 is 2.95 bits per heavy atom. The zero-order valence-corrected chi connectivity index (χ0v) is 12.4. The highest BCUT2D eigenvalue weighted by Gasteiger charge is 2.31. The van der Waals surface area contributed by atoms with Gasteiger partial charge >= 0.3 is 0 Å². The number of pyridine rings is 1. The number of nitrogens with zero attached hydrogens (tertiary/aromatic N) is 3. The Morgan fingerprint density at radius 2 is 2.00 bits per heavy atom. The summed E-state index contributed by atoms with van der Waals surface area (Å²) in [6.07, 6.45) is 1.93. The fourth-order valence-corrected chi connectivity index (χ4v) is 3.60. The van der Waals surface area contributed by atoms with E-state index in [4.69, 9.17) is 4.74 Å². The largest absolute Gasteiger partial charge is 0.379 e. The van der Waals surface area contributed by atoms with Crippen LogP contribution in [-0.2, 0) is 4.74 Å². The minimum atomic E-state index is 0.476. The fourth-order valence-electron chi connectivity index (χ4n) is 3.60. The molecule has 1 aromatic heterocycles. The standard InChI is InChI=1S/C17H21N3O/c1-19-8-13-9-20(10-14(19)12-21-11-13)17-6-7-18-16-5-3-2-4-15(16)17/h2-7,13-14H,8-12H2,1H3/t13-,14+/m1/s1. The lowest BCUT2D eigenvalue weighted by molar-refractivity contribution is 0.0931. The van der Waals surface area contributed by atoms with E-state index in [-0.39, 0.29) is 0 Å². The molecule has 0 unspecified atom stereocenters. The molecule has 0 aliphatic carbocycles. The Hall–Kier alpha value is -1.65. The second-order valence-electron chi connectivity index (χ2n) is 6.25. The quantitative estimate of drug-likeness (QED) is 0.800. The van der Waals surface area contributed by atoms with E-state index >= 15 is 0 Å². The first kappa shape index (κ1) is 13.0. The van der Waals surface area contributed by atoms with Gasteiger partial charge in [-0.1, -0.05) is 18.2 Å². The van der Waals surface area contributed by atoms with E-state index in [1.54, 1.807) is 0 Å². The minimum absolute atomic E-state index is 0.476. The van der Waals surface area contributed by atoms with Gasteiger partial charge < -0.3 is 9.64 Å². The Kier molecular flexibility index (Phi) is 3.28. The molecule has 110 valence electrons. The lowest BCUT2D eigenvalue weighted by atomic mass is 10.1. The van der Waals surface area contributed by atoms with Crippen molar-refractivity contribution in [3.8, 4) is 0 Å². The molecule has 21 heavy (non-hydrogen) atoms. The third-order valence-corrected chi connectivity index (χ3v) is 4.71. The van der Waals surface area contributed by atoms with Crippen molar-refractivity contribution in [2.45, 2.75) is 6.04 Å². The van der Waals surface area contributed by atoms with Crippen LogP contribution in [0.2, 0.25) is 0 Å². The zero-order chi connectivity index (χ0) is 14.2. The summed E-state index contributed by atoms with van der Waals surface area (Å²) in [4.78, 5) is 9.48. The SMILES string of the molecule is CN1C[C@H]2COC[C@@H]1CN(c1ccnc3ccccc13)C2. The second-order valence-corrected chi connectivity index (χ2v) is 6.25. The smallest absolute Gasteiger partial charge is 0.0722 e. The number of likely N-dealkylation sites (N-methyl/N-ethyl adjacent to an activating group) is 1.